The van der Waals surface area contributed by atoms with E-state index in [-0.39, 0.29) is 24.1 Å². The van der Waals surface area contributed by atoms with Crippen molar-refractivity contribution in [1.29, 1.82) is 0 Å². The normalized spacial score (nSPS) is 18.0. The van der Waals surface area contributed by atoms with Crippen LogP contribution in [0.2, 0.25) is 0 Å². The van der Waals surface area contributed by atoms with E-state index in [2.05, 4.69) is 5.16 Å². The van der Waals surface area contributed by atoms with Gasteiger partial charge in [-0.05, 0) is 56.2 Å². The lowest BCUT2D eigenvalue weighted by atomic mass is 9.98. The third-order valence-corrected chi connectivity index (χ3v) is 6.87. The summed E-state index contributed by atoms with van der Waals surface area (Å²) >= 11 is 0. The minimum atomic E-state index is -0.448. The van der Waals surface area contributed by atoms with Gasteiger partial charge in [0.25, 0.3) is 0 Å². The summed E-state index contributed by atoms with van der Waals surface area (Å²) in [5.74, 6) is 1.86. The number of aryl methyl sites for hydroxylation is 1. The zero-order valence-corrected chi connectivity index (χ0v) is 19.9. The molecule has 8 heteroatoms. The molecule has 2 unspecified atom stereocenters. The molecule has 0 fully saturated rings. The fourth-order valence-corrected chi connectivity index (χ4v) is 5.03. The highest BCUT2D eigenvalue weighted by molar-refractivity contribution is 5.80. The lowest BCUT2D eigenvalue weighted by Gasteiger charge is -2.17. The van der Waals surface area contributed by atoms with Gasteiger partial charge in [0.2, 0.25) is 0 Å². The number of rotatable bonds is 6. The van der Waals surface area contributed by atoms with Crippen molar-refractivity contribution in [2.75, 3.05) is 13.7 Å². The maximum atomic E-state index is 15.0. The first-order valence-corrected chi connectivity index (χ1v) is 11.9. The van der Waals surface area contributed by atoms with Crippen LogP contribution >= 0.6 is 0 Å². The lowest BCUT2D eigenvalue weighted by molar-refractivity contribution is -0.141. The van der Waals surface area contributed by atoms with Crippen molar-refractivity contribution in [3.63, 3.8) is 0 Å². The van der Waals surface area contributed by atoms with Gasteiger partial charge < -0.3 is 23.5 Å². The summed E-state index contributed by atoms with van der Waals surface area (Å²) in [6.07, 6.45) is 1.07. The molecule has 1 aliphatic heterocycles. The predicted octanol–water partition coefficient (Wildman–Crippen LogP) is 6.17. The molecule has 1 aromatic heterocycles. The molecule has 0 bridgehead atoms. The van der Waals surface area contributed by atoms with Crippen LogP contribution in [0.15, 0.2) is 53.1 Å². The summed E-state index contributed by atoms with van der Waals surface area (Å²) in [6, 6.07) is 14.1. The summed E-state index contributed by atoms with van der Waals surface area (Å²) in [7, 11) is 1.38. The molecule has 0 amide bonds. The van der Waals surface area contributed by atoms with Gasteiger partial charge in [0, 0.05) is 34.1 Å². The third kappa shape index (κ3) is 3.92. The molecular formula is C28H24FNO6. The quantitative estimate of drug-likeness (QED) is 0.300. The first-order valence-electron chi connectivity index (χ1n) is 11.9. The molecule has 0 radical (unpaired) electrons. The van der Waals surface area contributed by atoms with Gasteiger partial charge in [-0.3, -0.25) is 4.79 Å². The fraction of sp³-hybridized carbons (Fsp3) is 0.286. The number of esters is 1. The number of carbonyl (C=O) groups is 1. The first kappa shape index (κ1) is 22.4. The molecule has 2 heterocycles. The Morgan fingerprint density at radius 3 is 2.86 bits per heavy atom. The maximum Gasteiger partial charge on any atom is 0.306 e. The van der Waals surface area contributed by atoms with Gasteiger partial charge in [0.1, 0.15) is 34.9 Å². The fourth-order valence-electron chi connectivity index (χ4n) is 5.03. The Hall–Kier alpha value is -4.07. The van der Waals surface area contributed by atoms with E-state index in [1.54, 1.807) is 12.1 Å². The second-order valence-corrected chi connectivity index (χ2v) is 9.10. The molecular weight excluding hydrogens is 465 g/mol. The van der Waals surface area contributed by atoms with Crippen LogP contribution in [0.1, 0.15) is 47.2 Å². The lowest BCUT2D eigenvalue weighted by Crippen LogP contribution is -2.09. The molecule has 3 aromatic carbocycles. The molecule has 184 valence electrons. The molecule has 0 N–H and O–H groups in total. The Bertz CT molecular complexity index is 1480. The first-order chi connectivity index (χ1) is 17.5. The van der Waals surface area contributed by atoms with E-state index < -0.39 is 6.10 Å². The van der Waals surface area contributed by atoms with Crippen molar-refractivity contribution in [2.45, 2.75) is 38.2 Å². The molecule has 4 aromatic rings. The maximum absolute atomic E-state index is 15.0. The van der Waals surface area contributed by atoms with Gasteiger partial charge in [-0.15, -0.1) is 0 Å². The van der Waals surface area contributed by atoms with Crippen LogP contribution in [-0.2, 0) is 16.0 Å². The second-order valence-electron chi connectivity index (χ2n) is 9.10. The van der Waals surface area contributed by atoms with Crippen molar-refractivity contribution < 1.29 is 32.7 Å². The number of halogens is 1. The number of nitrogens with zero attached hydrogens (tertiary/aromatic N) is 1. The van der Waals surface area contributed by atoms with Crippen LogP contribution in [0.4, 0.5) is 4.39 Å². The van der Waals surface area contributed by atoms with Gasteiger partial charge in [-0.25, -0.2) is 4.39 Å². The molecule has 2 aliphatic rings. The van der Waals surface area contributed by atoms with E-state index in [4.69, 9.17) is 23.5 Å². The Morgan fingerprint density at radius 2 is 2.00 bits per heavy atom. The highest BCUT2D eigenvalue weighted by Gasteiger charge is 2.32. The molecule has 36 heavy (non-hydrogen) atoms. The summed E-state index contributed by atoms with van der Waals surface area (Å²) in [5.41, 5.74) is 3.73. The number of fused-ring (bicyclic) bond motifs is 3. The predicted molar refractivity (Wildman–Crippen MR) is 128 cm³/mol. The van der Waals surface area contributed by atoms with Crippen molar-refractivity contribution in [2.24, 2.45) is 0 Å². The molecule has 1 aliphatic carbocycles. The number of hydrogen-bond donors (Lipinski definition) is 0. The molecule has 7 nitrogen and oxygen atoms in total. The van der Waals surface area contributed by atoms with Crippen LogP contribution in [-0.4, -0.2) is 24.8 Å². The van der Waals surface area contributed by atoms with E-state index >= 15 is 0 Å². The highest BCUT2D eigenvalue weighted by Crippen LogP contribution is 2.44. The van der Waals surface area contributed by atoms with E-state index in [0.717, 1.165) is 22.2 Å². The summed E-state index contributed by atoms with van der Waals surface area (Å²) < 4.78 is 43.2. The SMILES string of the molecule is COC(=O)CC1COc2cc(OC3CCc4c(Oc5ccc6onc(C)c6c5)ccc(F)c43)ccc21. The minimum absolute atomic E-state index is 0.0494. The summed E-state index contributed by atoms with van der Waals surface area (Å²) in [6.45, 7) is 2.28. The van der Waals surface area contributed by atoms with Gasteiger partial charge in [0.05, 0.1) is 25.8 Å². The van der Waals surface area contributed by atoms with Crippen LogP contribution in [0.3, 0.4) is 0 Å². The number of aromatic nitrogens is 1. The average molecular weight is 489 g/mol. The van der Waals surface area contributed by atoms with Crippen molar-refractivity contribution in [3.05, 3.63) is 76.7 Å². The smallest absolute Gasteiger partial charge is 0.306 e. The number of hydrogen-bond acceptors (Lipinski definition) is 7. The van der Waals surface area contributed by atoms with Crippen molar-refractivity contribution in [1.82, 2.24) is 5.16 Å². The van der Waals surface area contributed by atoms with Gasteiger partial charge in [-0.2, -0.15) is 0 Å². The van der Waals surface area contributed by atoms with E-state index in [1.807, 2.05) is 37.3 Å². The zero-order valence-electron chi connectivity index (χ0n) is 19.9. The average Bonchev–Trinajstić information content (AvgIpc) is 3.59. The Labute approximate surface area is 206 Å². The summed E-state index contributed by atoms with van der Waals surface area (Å²) in [5, 5.41) is 4.85. The molecule has 0 spiro atoms. The van der Waals surface area contributed by atoms with Gasteiger partial charge in [-0.1, -0.05) is 11.2 Å². The van der Waals surface area contributed by atoms with Crippen LogP contribution in [0, 0.1) is 12.7 Å². The van der Waals surface area contributed by atoms with E-state index in [0.29, 0.717) is 53.6 Å². The van der Waals surface area contributed by atoms with E-state index in [1.165, 1.54) is 13.2 Å². The van der Waals surface area contributed by atoms with Crippen molar-refractivity contribution in [3.8, 4) is 23.0 Å². The molecule has 2 atom stereocenters. The Morgan fingerprint density at radius 1 is 1.14 bits per heavy atom. The molecule has 6 rings (SSSR count). The number of carbonyl (C=O) groups excluding carboxylic acids is 1. The molecule has 0 saturated heterocycles. The van der Waals surface area contributed by atoms with E-state index in [9.17, 15) is 9.18 Å². The second kappa shape index (κ2) is 8.86. The third-order valence-electron chi connectivity index (χ3n) is 6.87. The summed E-state index contributed by atoms with van der Waals surface area (Å²) in [4.78, 5) is 11.7. The number of ether oxygens (including phenoxy) is 4. The highest BCUT2D eigenvalue weighted by atomic mass is 19.1. The van der Waals surface area contributed by atoms with Crippen LogP contribution in [0.25, 0.3) is 11.0 Å². The largest absolute Gasteiger partial charge is 0.492 e. The van der Waals surface area contributed by atoms with Crippen LogP contribution < -0.4 is 14.2 Å². The van der Waals surface area contributed by atoms with Gasteiger partial charge >= 0.3 is 5.97 Å². The number of methoxy groups -OCH3 is 1. The van der Waals surface area contributed by atoms with Crippen molar-refractivity contribution >= 4 is 16.9 Å². The topological polar surface area (TPSA) is 80.0 Å². The Balaban J connectivity index is 1.23. The molecule has 0 saturated carbocycles. The standard InChI is InChI=1S/C28H24FNO6/c1-15-21-12-17(4-8-24(21)36-30-15)34-23-10-7-22(29)28-20(23)6-9-25(28)35-18-3-5-19-16(11-27(31)32-2)14-33-26(19)13-18/h3-5,7-8,10,12-13,16,25H,6,9,11,14H2,1-2H3. The van der Waals surface area contributed by atoms with Gasteiger partial charge in [0.15, 0.2) is 5.58 Å². The zero-order chi connectivity index (χ0) is 24.8. The number of benzene rings is 3. The van der Waals surface area contributed by atoms with Crippen LogP contribution in [0.5, 0.6) is 23.0 Å². The Kier molecular flexibility index (Phi) is 5.51. The monoisotopic (exact) mass is 489 g/mol. The minimum Gasteiger partial charge on any atom is -0.492 e.